The van der Waals surface area contributed by atoms with Gasteiger partial charge in [-0.15, -0.1) is 0 Å². The van der Waals surface area contributed by atoms with Gasteiger partial charge in [-0.2, -0.15) is 5.26 Å². The lowest BCUT2D eigenvalue weighted by atomic mass is 10.1. The average Bonchev–Trinajstić information content (AvgIpc) is 2.82. The minimum absolute atomic E-state index is 0.0917. The zero-order chi connectivity index (χ0) is 15.0. The van der Waals surface area contributed by atoms with E-state index in [0.29, 0.717) is 0 Å². The maximum absolute atomic E-state index is 10.9. The van der Waals surface area contributed by atoms with E-state index in [9.17, 15) is 10.1 Å². The Labute approximate surface area is 122 Å². The Morgan fingerprint density at radius 1 is 1.33 bits per heavy atom. The van der Waals surface area contributed by atoms with Crippen LogP contribution in [0, 0.1) is 21.4 Å². The van der Waals surface area contributed by atoms with Crippen LogP contribution in [0.25, 0.3) is 0 Å². The smallest absolute Gasteiger partial charge is 0.287 e. The first kappa shape index (κ1) is 13.1. The minimum Gasteiger partial charge on any atom is -0.338 e. The lowest BCUT2D eigenvalue weighted by Gasteiger charge is -2.25. The van der Waals surface area contributed by atoms with Crippen LogP contribution in [-0.4, -0.2) is 11.0 Å². The predicted molar refractivity (Wildman–Crippen MR) is 79.6 cm³/mol. The van der Waals surface area contributed by atoms with Crippen LogP contribution in [-0.2, 0) is 6.42 Å². The molecular weight excluding hydrogens is 266 g/mol. The molecule has 0 aromatic heterocycles. The van der Waals surface area contributed by atoms with Crippen molar-refractivity contribution in [2.75, 3.05) is 4.90 Å². The van der Waals surface area contributed by atoms with E-state index >= 15 is 0 Å². The molecule has 0 spiro atoms. The second-order valence-electron chi connectivity index (χ2n) is 5.12. The number of fused-ring (bicyclic) bond motifs is 1. The fourth-order valence-electron chi connectivity index (χ4n) is 2.88. The maximum Gasteiger partial charge on any atom is 0.287 e. The van der Waals surface area contributed by atoms with Crippen molar-refractivity contribution in [1.29, 1.82) is 5.26 Å². The molecule has 0 bridgehead atoms. The zero-order valence-corrected chi connectivity index (χ0v) is 11.5. The van der Waals surface area contributed by atoms with Gasteiger partial charge in [0.15, 0.2) is 0 Å². The highest BCUT2D eigenvalue weighted by Gasteiger charge is 2.28. The number of nitro benzene ring substituents is 1. The first-order valence-electron chi connectivity index (χ1n) is 6.67. The van der Waals surface area contributed by atoms with Gasteiger partial charge < -0.3 is 4.90 Å². The van der Waals surface area contributed by atoms with Gasteiger partial charge in [0.05, 0.1) is 4.92 Å². The third-order valence-corrected chi connectivity index (χ3v) is 3.78. The molecule has 0 fully saturated rings. The molecule has 0 aliphatic carbocycles. The van der Waals surface area contributed by atoms with Crippen molar-refractivity contribution in [2.45, 2.75) is 19.4 Å². The van der Waals surface area contributed by atoms with Crippen molar-refractivity contribution in [3.63, 3.8) is 0 Å². The van der Waals surface area contributed by atoms with Crippen LogP contribution in [0.4, 0.5) is 17.1 Å². The fraction of sp³-hybridized carbons (Fsp3) is 0.188. The molecule has 0 amide bonds. The maximum atomic E-state index is 10.9. The largest absolute Gasteiger partial charge is 0.338 e. The van der Waals surface area contributed by atoms with Crippen LogP contribution in [0.15, 0.2) is 42.5 Å². The third kappa shape index (κ3) is 2.11. The monoisotopic (exact) mass is 279 g/mol. The third-order valence-electron chi connectivity index (χ3n) is 3.78. The van der Waals surface area contributed by atoms with Gasteiger partial charge in [0.2, 0.25) is 0 Å². The summed E-state index contributed by atoms with van der Waals surface area (Å²) in [7, 11) is 0. The number of para-hydroxylation sites is 1. The Kier molecular flexibility index (Phi) is 3.07. The van der Waals surface area contributed by atoms with Gasteiger partial charge in [-0.1, -0.05) is 18.2 Å². The van der Waals surface area contributed by atoms with Gasteiger partial charge in [-0.05, 0) is 37.1 Å². The quantitative estimate of drug-likeness (QED) is 0.622. The molecule has 1 atom stereocenters. The fourth-order valence-corrected chi connectivity index (χ4v) is 2.88. The van der Waals surface area contributed by atoms with Crippen molar-refractivity contribution >= 4 is 17.1 Å². The van der Waals surface area contributed by atoms with Gasteiger partial charge in [0, 0.05) is 23.5 Å². The Bertz CT molecular complexity index is 764. The topological polar surface area (TPSA) is 70.2 Å². The highest BCUT2D eigenvalue weighted by Crippen LogP contribution is 2.39. The predicted octanol–water partition coefficient (Wildman–Crippen LogP) is 3.55. The molecule has 0 saturated carbocycles. The number of benzene rings is 2. The van der Waals surface area contributed by atoms with E-state index < -0.39 is 4.92 Å². The number of nitrogens with zero attached hydrogens (tertiary/aromatic N) is 3. The minimum atomic E-state index is -0.524. The SMILES string of the molecule is CC1Cc2ccccc2N1c1ccc([N+](=O)[O-])c(C#N)c1. The molecule has 2 aromatic rings. The molecule has 0 radical (unpaired) electrons. The molecule has 2 aromatic carbocycles. The van der Waals surface area contributed by atoms with Crippen LogP contribution in [0.5, 0.6) is 0 Å². The van der Waals surface area contributed by atoms with E-state index in [2.05, 4.69) is 17.9 Å². The summed E-state index contributed by atoms with van der Waals surface area (Å²) in [5.74, 6) is 0. The summed E-state index contributed by atoms with van der Waals surface area (Å²) in [6, 6.07) is 15.0. The van der Waals surface area contributed by atoms with Gasteiger partial charge in [0.1, 0.15) is 11.6 Å². The molecule has 1 aliphatic heterocycles. The van der Waals surface area contributed by atoms with Gasteiger partial charge >= 0.3 is 0 Å². The standard InChI is InChI=1S/C16H13N3O2/c1-11-8-12-4-2-3-5-15(12)18(11)14-6-7-16(19(20)21)13(9-14)10-17/h2-7,9,11H,8H2,1H3. The van der Waals surface area contributed by atoms with Crippen molar-refractivity contribution in [3.05, 3.63) is 63.7 Å². The summed E-state index contributed by atoms with van der Waals surface area (Å²) in [5.41, 5.74) is 3.11. The second kappa shape index (κ2) is 4.91. The molecule has 1 aliphatic rings. The van der Waals surface area contributed by atoms with Gasteiger partial charge in [0.25, 0.3) is 5.69 Å². The van der Waals surface area contributed by atoms with Gasteiger partial charge in [-0.3, -0.25) is 10.1 Å². The number of nitriles is 1. The van der Waals surface area contributed by atoms with Crippen LogP contribution >= 0.6 is 0 Å². The molecule has 0 saturated heterocycles. The number of hydrogen-bond donors (Lipinski definition) is 0. The number of nitro groups is 1. The summed E-state index contributed by atoms with van der Waals surface area (Å²) >= 11 is 0. The van der Waals surface area contributed by atoms with Crippen LogP contribution in [0.3, 0.4) is 0 Å². The average molecular weight is 279 g/mol. The van der Waals surface area contributed by atoms with E-state index in [1.165, 1.54) is 11.6 Å². The van der Waals surface area contributed by atoms with Crippen molar-refractivity contribution < 1.29 is 4.92 Å². The summed E-state index contributed by atoms with van der Waals surface area (Å²) in [6.07, 6.45) is 0.926. The Morgan fingerprint density at radius 2 is 2.10 bits per heavy atom. The van der Waals surface area contributed by atoms with Crippen molar-refractivity contribution in [2.24, 2.45) is 0 Å². The van der Waals surface area contributed by atoms with E-state index in [1.54, 1.807) is 12.1 Å². The van der Waals surface area contributed by atoms with Crippen LogP contribution in [0.1, 0.15) is 18.1 Å². The molecule has 104 valence electrons. The second-order valence-corrected chi connectivity index (χ2v) is 5.12. The lowest BCUT2D eigenvalue weighted by Crippen LogP contribution is -2.23. The summed E-state index contributed by atoms with van der Waals surface area (Å²) in [4.78, 5) is 12.5. The Morgan fingerprint density at radius 3 is 2.81 bits per heavy atom. The van der Waals surface area contributed by atoms with E-state index in [1.807, 2.05) is 24.3 Å². The first-order chi connectivity index (χ1) is 10.1. The number of anilines is 2. The molecule has 3 rings (SSSR count). The van der Waals surface area contributed by atoms with E-state index in [-0.39, 0.29) is 17.3 Å². The zero-order valence-electron chi connectivity index (χ0n) is 11.5. The molecule has 21 heavy (non-hydrogen) atoms. The van der Waals surface area contributed by atoms with Gasteiger partial charge in [-0.25, -0.2) is 0 Å². The van der Waals surface area contributed by atoms with Crippen LogP contribution in [0.2, 0.25) is 0 Å². The highest BCUT2D eigenvalue weighted by molar-refractivity contribution is 5.73. The lowest BCUT2D eigenvalue weighted by molar-refractivity contribution is -0.385. The van der Waals surface area contributed by atoms with E-state index in [4.69, 9.17) is 5.26 Å². The molecule has 0 N–H and O–H groups in total. The highest BCUT2D eigenvalue weighted by atomic mass is 16.6. The summed E-state index contributed by atoms with van der Waals surface area (Å²) in [5, 5.41) is 20.0. The molecule has 1 unspecified atom stereocenters. The van der Waals surface area contributed by atoms with Crippen molar-refractivity contribution in [3.8, 4) is 6.07 Å². The molecule has 1 heterocycles. The van der Waals surface area contributed by atoms with Crippen molar-refractivity contribution in [1.82, 2.24) is 0 Å². The molecular formula is C16H13N3O2. The Balaban J connectivity index is 2.10. The Hall–Kier alpha value is -2.87. The molecule has 5 heteroatoms. The number of rotatable bonds is 2. The number of hydrogen-bond acceptors (Lipinski definition) is 4. The molecule has 5 nitrogen and oxygen atoms in total. The van der Waals surface area contributed by atoms with Crippen LogP contribution < -0.4 is 4.90 Å². The van der Waals surface area contributed by atoms with E-state index in [0.717, 1.165) is 17.8 Å². The first-order valence-corrected chi connectivity index (χ1v) is 6.67. The summed E-state index contributed by atoms with van der Waals surface area (Å²) in [6.45, 7) is 2.10. The summed E-state index contributed by atoms with van der Waals surface area (Å²) < 4.78 is 0. The normalized spacial score (nSPS) is 16.4.